The number of nitrogens with one attached hydrogen (secondary N) is 2. The third-order valence-corrected chi connectivity index (χ3v) is 4.54. The Kier molecular flexibility index (Phi) is 7.09. The minimum absolute atomic E-state index is 0.0477. The van der Waals surface area contributed by atoms with Crippen LogP contribution in [0.5, 0.6) is 0 Å². The maximum absolute atomic E-state index is 12.2. The van der Waals surface area contributed by atoms with Crippen molar-refractivity contribution in [1.82, 2.24) is 10.2 Å². The van der Waals surface area contributed by atoms with E-state index in [1.54, 1.807) is 12.1 Å². The van der Waals surface area contributed by atoms with E-state index in [2.05, 4.69) is 24.5 Å². The maximum atomic E-state index is 12.2. The van der Waals surface area contributed by atoms with E-state index in [-0.39, 0.29) is 11.8 Å². The number of amides is 2. The highest BCUT2D eigenvalue weighted by molar-refractivity contribution is 5.94. The van der Waals surface area contributed by atoms with Gasteiger partial charge in [-0.25, -0.2) is 0 Å². The molecule has 0 saturated carbocycles. The zero-order valence-electron chi connectivity index (χ0n) is 14.8. The Morgan fingerprint density at radius 3 is 2.46 bits per heavy atom. The molecule has 0 spiro atoms. The second kappa shape index (κ2) is 9.30. The first kappa shape index (κ1) is 18.3. The first-order valence-corrected chi connectivity index (χ1v) is 9.00. The molecule has 2 N–H and O–H groups in total. The average Bonchev–Trinajstić information content (AvgIpc) is 2.61. The van der Waals surface area contributed by atoms with E-state index in [9.17, 15) is 9.59 Å². The summed E-state index contributed by atoms with van der Waals surface area (Å²) in [5.41, 5.74) is 1.51. The first-order valence-electron chi connectivity index (χ1n) is 9.00. The van der Waals surface area contributed by atoms with Gasteiger partial charge in [0.05, 0.1) is 6.54 Å². The number of piperidine rings is 1. The summed E-state index contributed by atoms with van der Waals surface area (Å²) in [5, 5.41) is 6.04. The Bertz CT molecular complexity index is 534. The van der Waals surface area contributed by atoms with Crippen molar-refractivity contribution in [2.24, 2.45) is 5.92 Å². The van der Waals surface area contributed by atoms with Crippen LogP contribution in [0, 0.1) is 5.92 Å². The second-order valence-electron chi connectivity index (χ2n) is 6.60. The van der Waals surface area contributed by atoms with Crippen LogP contribution in [0.25, 0.3) is 0 Å². The molecule has 1 aliphatic rings. The zero-order valence-corrected chi connectivity index (χ0v) is 14.8. The van der Waals surface area contributed by atoms with Gasteiger partial charge < -0.3 is 15.5 Å². The summed E-state index contributed by atoms with van der Waals surface area (Å²) in [7, 11) is 0. The van der Waals surface area contributed by atoms with Gasteiger partial charge in [0.2, 0.25) is 5.91 Å². The zero-order chi connectivity index (χ0) is 17.4. The number of unbranched alkanes of at least 4 members (excludes halogenated alkanes) is 1. The molecular weight excluding hydrogens is 302 g/mol. The second-order valence-corrected chi connectivity index (χ2v) is 6.60. The lowest BCUT2D eigenvalue weighted by molar-refractivity contribution is -0.130. The van der Waals surface area contributed by atoms with Crippen LogP contribution in [-0.4, -0.2) is 42.9 Å². The number of hydrogen-bond donors (Lipinski definition) is 2. The number of hydrogen-bond acceptors (Lipinski definition) is 3. The number of anilines is 1. The van der Waals surface area contributed by atoms with Crippen molar-refractivity contribution in [2.75, 3.05) is 31.5 Å². The molecule has 1 saturated heterocycles. The minimum atomic E-state index is -0.0477. The van der Waals surface area contributed by atoms with Gasteiger partial charge in [0.25, 0.3) is 5.91 Å². The molecule has 1 fully saturated rings. The molecule has 5 nitrogen and oxygen atoms in total. The van der Waals surface area contributed by atoms with Crippen LogP contribution in [-0.2, 0) is 4.79 Å². The molecule has 2 rings (SSSR count). The summed E-state index contributed by atoms with van der Waals surface area (Å²) in [6.45, 7) is 7.06. The molecule has 1 aliphatic heterocycles. The molecule has 0 aliphatic carbocycles. The highest BCUT2D eigenvalue weighted by Crippen LogP contribution is 2.16. The van der Waals surface area contributed by atoms with Crippen LogP contribution in [0.15, 0.2) is 24.3 Å². The summed E-state index contributed by atoms with van der Waals surface area (Å²) in [4.78, 5) is 26.1. The van der Waals surface area contributed by atoms with E-state index < -0.39 is 0 Å². The Hall–Kier alpha value is -2.04. The summed E-state index contributed by atoms with van der Waals surface area (Å²) in [6.07, 6.45) is 4.23. The number of rotatable bonds is 7. The van der Waals surface area contributed by atoms with Crippen molar-refractivity contribution >= 4 is 17.5 Å². The predicted octanol–water partition coefficient (Wildman–Crippen LogP) is 2.89. The number of likely N-dealkylation sites (tertiary alicyclic amines) is 1. The first-order chi connectivity index (χ1) is 11.6. The van der Waals surface area contributed by atoms with Crippen molar-refractivity contribution in [1.29, 1.82) is 0 Å². The number of nitrogens with zero attached hydrogens (tertiary/aromatic N) is 1. The fraction of sp³-hybridized carbons (Fsp3) is 0.579. The van der Waals surface area contributed by atoms with Crippen molar-refractivity contribution < 1.29 is 9.59 Å². The average molecular weight is 331 g/mol. The SMILES string of the molecule is CCCCNC(=O)c1ccc(NCC(=O)N2CCC(C)CC2)cc1. The number of carbonyl (C=O) groups is 2. The molecule has 5 heteroatoms. The molecule has 0 aromatic heterocycles. The van der Waals surface area contributed by atoms with Gasteiger partial charge in [-0.2, -0.15) is 0 Å². The standard InChI is InChI=1S/C19H29N3O2/c1-3-4-11-20-19(24)16-5-7-17(8-6-16)21-14-18(23)22-12-9-15(2)10-13-22/h5-8,15,21H,3-4,9-14H2,1-2H3,(H,20,24). The Balaban J connectivity index is 1.77. The molecular formula is C19H29N3O2. The highest BCUT2D eigenvalue weighted by Gasteiger charge is 2.19. The summed E-state index contributed by atoms with van der Waals surface area (Å²) in [6, 6.07) is 7.27. The van der Waals surface area contributed by atoms with Crippen LogP contribution in [0.1, 0.15) is 49.9 Å². The van der Waals surface area contributed by atoms with Crippen LogP contribution >= 0.6 is 0 Å². The van der Waals surface area contributed by atoms with Gasteiger partial charge in [0.15, 0.2) is 0 Å². The van der Waals surface area contributed by atoms with Gasteiger partial charge in [-0.1, -0.05) is 20.3 Å². The summed E-state index contributed by atoms with van der Waals surface area (Å²) >= 11 is 0. The van der Waals surface area contributed by atoms with Gasteiger partial charge >= 0.3 is 0 Å². The quantitative estimate of drug-likeness (QED) is 0.755. The van der Waals surface area contributed by atoms with Crippen molar-refractivity contribution in [2.45, 2.75) is 39.5 Å². The van der Waals surface area contributed by atoms with Gasteiger partial charge in [-0.15, -0.1) is 0 Å². The fourth-order valence-electron chi connectivity index (χ4n) is 2.77. The van der Waals surface area contributed by atoms with Crippen molar-refractivity contribution in [3.8, 4) is 0 Å². The molecule has 132 valence electrons. The highest BCUT2D eigenvalue weighted by atomic mass is 16.2. The van der Waals surface area contributed by atoms with Gasteiger partial charge in [0.1, 0.15) is 0 Å². The van der Waals surface area contributed by atoms with Crippen LogP contribution in [0.4, 0.5) is 5.69 Å². The van der Waals surface area contributed by atoms with Crippen LogP contribution in [0.3, 0.4) is 0 Å². The van der Waals surface area contributed by atoms with Crippen LogP contribution < -0.4 is 10.6 Å². The van der Waals surface area contributed by atoms with Gasteiger partial charge in [-0.05, 0) is 49.4 Å². The van der Waals surface area contributed by atoms with Crippen LogP contribution in [0.2, 0.25) is 0 Å². The summed E-state index contributed by atoms with van der Waals surface area (Å²) < 4.78 is 0. The van der Waals surface area contributed by atoms with Crippen molar-refractivity contribution in [3.05, 3.63) is 29.8 Å². The van der Waals surface area contributed by atoms with Crippen molar-refractivity contribution in [3.63, 3.8) is 0 Å². The molecule has 0 radical (unpaired) electrons. The van der Waals surface area contributed by atoms with Gasteiger partial charge in [0, 0.05) is 30.9 Å². The Morgan fingerprint density at radius 1 is 1.17 bits per heavy atom. The van der Waals surface area contributed by atoms with E-state index >= 15 is 0 Å². The van der Waals surface area contributed by atoms with E-state index in [4.69, 9.17) is 0 Å². The van der Waals surface area contributed by atoms with E-state index in [0.717, 1.165) is 50.4 Å². The third-order valence-electron chi connectivity index (χ3n) is 4.54. The molecule has 0 bridgehead atoms. The third kappa shape index (κ3) is 5.55. The molecule has 1 heterocycles. The molecule has 24 heavy (non-hydrogen) atoms. The monoisotopic (exact) mass is 331 g/mol. The molecule has 0 atom stereocenters. The fourth-order valence-corrected chi connectivity index (χ4v) is 2.77. The minimum Gasteiger partial charge on any atom is -0.376 e. The van der Waals surface area contributed by atoms with Gasteiger partial charge in [-0.3, -0.25) is 9.59 Å². The molecule has 0 unspecified atom stereocenters. The molecule has 1 aromatic rings. The normalized spacial score (nSPS) is 15.2. The molecule has 1 aromatic carbocycles. The molecule has 2 amide bonds. The topological polar surface area (TPSA) is 61.4 Å². The van der Waals surface area contributed by atoms with E-state index in [1.807, 2.05) is 17.0 Å². The Labute approximate surface area is 144 Å². The van der Waals surface area contributed by atoms with E-state index in [0.29, 0.717) is 18.7 Å². The largest absolute Gasteiger partial charge is 0.376 e. The lowest BCUT2D eigenvalue weighted by Gasteiger charge is -2.30. The lowest BCUT2D eigenvalue weighted by atomic mass is 9.99. The summed E-state index contributed by atoms with van der Waals surface area (Å²) in [5.74, 6) is 0.815. The smallest absolute Gasteiger partial charge is 0.251 e. The Morgan fingerprint density at radius 2 is 1.83 bits per heavy atom. The number of benzene rings is 1. The number of carbonyl (C=O) groups excluding carboxylic acids is 2. The predicted molar refractivity (Wildman–Crippen MR) is 97.2 cm³/mol. The maximum Gasteiger partial charge on any atom is 0.251 e. The lowest BCUT2D eigenvalue weighted by Crippen LogP contribution is -2.40. The van der Waals surface area contributed by atoms with E-state index in [1.165, 1.54) is 0 Å².